The number of nitrogens with one attached hydrogen (secondary N) is 2. The van der Waals surface area contributed by atoms with Gasteiger partial charge in [0.15, 0.2) is 0 Å². The van der Waals surface area contributed by atoms with Gasteiger partial charge in [0.25, 0.3) is 0 Å². The highest BCUT2D eigenvalue weighted by molar-refractivity contribution is 5.77. The van der Waals surface area contributed by atoms with Crippen molar-refractivity contribution < 1.29 is 19.3 Å². The molecule has 0 spiro atoms. The molecule has 0 heterocycles. The lowest BCUT2D eigenvalue weighted by Crippen LogP contribution is -2.19. The smallest absolute Gasteiger partial charge is 0.325 e. The summed E-state index contributed by atoms with van der Waals surface area (Å²) in [5.74, 6) is -0.990. The van der Waals surface area contributed by atoms with Crippen LogP contribution in [0.1, 0.15) is 12.8 Å². The predicted octanol–water partition coefficient (Wildman–Crippen LogP) is -0.878. The minimum Gasteiger partial charge on any atom is -0.371 e. The number of carbonyl (C=O) groups is 2. The van der Waals surface area contributed by atoms with Crippen LogP contribution >= 0.6 is 0 Å². The van der Waals surface area contributed by atoms with Crippen LogP contribution in [0.25, 0.3) is 0 Å². The summed E-state index contributed by atoms with van der Waals surface area (Å²) in [4.78, 5) is 30.0. The van der Waals surface area contributed by atoms with Crippen LogP contribution in [0.5, 0.6) is 0 Å². The van der Waals surface area contributed by atoms with E-state index >= 15 is 0 Å². The molecular formula is C6H12N2O4. The van der Waals surface area contributed by atoms with Crippen molar-refractivity contribution in [2.45, 2.75) is 12.8 Å². The molecule has 0 aromatic rings. The predicted molar refractivity (Wildman–Crippen MR) is 39.5 cm³/mol. The van der Waals surface area contributed by atoms with Crippen molar-refractivity contribution in [1.82, 2.24) is 11.0 Å². The van der Waals surface area contributed by atoms with E-state index in [4.69, 9.17) is 0 Å². The molecule has 6 nitrogen and oxygen atoms in total. The van der Waals surface area contributed by atoms with Gasteiger partial charge in [-0.1, -0.05) is 0 Å². The normalized spacial score (nSPS) is 9.17. The topological polar surface area (TPSA) is 76.7 Å². The Morgan fingerprint density at radius 1 is 1.00 bits per heavy atom. The molecule has 0 unspecified atom stereocenters. The van der Waals surface area contributed by atoms with Gasteiger partial charge in [-0.05, 0) is 0 Å². The van der Waals surface area contributed by atoms with E-state index < -0.39 is 11.9 Å². The lowest BCUT2D eigenvalue weighted by Gasteiger charge is -2.01. The number of hydroxylamine groups is 2. The zero-order valence-electron chi connectivity index (χ0n) is 7.05. The summed E-state index contributed by atoms with van der Waals surface area (Å²) < 4.78 is 0. The quantitative estimate of drug-likeness (QED) is 0.530. The largest absolute Gasteiger partial charge is 0.371 e. The molecule has 0 aliphatic rings. The molecule has 0 saturated heterocycles. The van der Waals surface area contributed by atoms with Crippen LogP contribution in [-0.2, 0) is 19.3 Å². The van der Waals surface area contributed by atoms with E-state index in [1.54, 1.807) is 0 Å². The van der Waals surface area contributed by atoms with Crippen LogP contribution in [0.3, 0.4) is 0 Å². The lowest BCUT2D eigenvalue weighted by atomic mass is 10.3. The maximum Gasteiger partial charge on any atom is 0.325 e. The highest BCUT2D eigenvalue weighted by Crippen LogP contribution is 1.92. The fourth-order valence-corrected chi connectivity index (χ4v) is 0.534. The molecular weight excluding hydrogens is 164 g/mol. The van der Waals surface area contributed by atoms with E-state index in [0.29, 0.717) is 0 Å². The average molecular weight is 176 g/mol. The van der Waals surface area contributed by atoms with E-state index in [9.17, 15) is 9.59 Å². The highest BCUT2D eigenvalue weighted by Gasteiger charge is 2.07. The zero-order valence-corrected chi connectivity index (χ0v) is 7.05. The van der Waals surface area contributed by atoms with Crippen LogP contribution < -0.4 is 11.0 Å². The molecule has 2 N–H and O–H groups in total. The molecule has 0 rings (SSSR count). The number of rotatable bonds is 5. The van der Waals surface area contributed by atoms with Crippen LogP contribution in [0.2, 0.25) is 0 Å². The molecule has 0 radical (unpaired) electrons. The fourth-order valence-electron chi connectivity index (χ4n) is 0.534. The maximum atomic E-state index is 10.6. The molecule has 0 saturated carbocycles. The monoisotopic (exact) mass is 176 g/mol. The first-order valence-corrected chi connectivity index (χ1v) is 3.43. The van der Waals surface area contributed by atoms with Gasteiger partial charge in [0.2, 0.25) is 0 Å². The van der Waals surface area contributed by atoms with E-state index in [2.05, 4.69) is 20.6 Å². The maximum absolute atomic E-state index is 10.6. The summed E-state index contributed by atoms with van der Waals surface area (Å²) in [6.07, 6.45) is 0.00269. The molecule has 12 heavy (non-hydrogen) atoms. The summed E-state index contributed by atoms with van der Waals surface area (Å²) in [5.41, 5.74) is 4.41. The zero-order chi connectivity index (χ0) is 9.40. The Balaban J connectivity index is 3.40. The Morgan fingerprint density at radius 3 is 1.58 bits per heavy atom. The van der Waals surface area contributed by atoms with Crippen LogP contribution in [0.4, 0.5) is 0 Å². The molecule has 0 aromatic carbocycles. The third-order valence-electron chi connectivity index (χ3n) is 0.965. The van der Waals surface area contributed by atoms with Gasteiger partial charge < -0.3 is 9.68 Å². The summed E-state index contributed by atoms with van der Waals surface area (Å²) in [6, 6.07) is 0. The second-order valence-electron chi connectivity index (χ2n) is 1.86. The molecule has 70 valence electrons. The first-order valence-electron chi connectivity index (χ1n) is 3.43. The second kappa shape index (κ2) is 6.56. The number of hydrogen-bond acceptors (Lipinski definition) is 6. The molecule has 0 amide bonds. The highest BCUT2D eigenvalue weighted by atomic mass is 16.7. The van der Waals surface area contributed by atoms with Crippen molar-refractivity contribution in [1.29, 1.82) is 0 Å². The van der Waals surface area contributed by atoms with E-state index in [0.717, 1.165) is 0 Å². The third kappa shape index (κ3) is 5.63. The van der Waals surface area contributed by atoms with Crippen molar-refractivity contribution in [3.05, 3.63) is 0 Å². The molecule has 0 bridgehead atoms. The molecule has 0 fully saturated rings. The van der Waals surface area contributed by atoms with Crippen molar-refractivity contribution in [3.8, 4) is 0 Å². The van der Waals surface area contributed by atoms with Crippen molar-refractivity contribution in [2.24, 2.45) is 0 Å². The molecule has 0 atom stereocenters. The SMILES string of the molecule is CNOC(=O)CCC(=O)ONC. The van der Waals surface area contributed by atoms with Gasteiger partial charge in [0.05, 0.1) is 12.8 Å². The van der Waals surface area contributed by atoms with Gasteiger partial charge in [0.1, 0.15) is 0 Å². The van der Waals surface area contributed by atoms with Gasteiger partial charge in [0, 0.05) is 14.1 Å². The van der Waals surface area contributed by atoms with E-state index in [1.807, 2.05) is 0 Å². The Hall–Kier alpha value is -1.14. The first kappa shape index (κ1) is 10.9. The van der Waals surface area contributed by atoms with E-state index in [-0.39, 0.29) is 12.8 Å². The Kier molecular flexibility index (Phi) is 5.94. The fraction of sp³-hybridized carbons (Fsp3) is 0.667. The Bertz CT molecular complexity index is 142. The van der Waals surface area contributed by atoms with Crippen LogP contribution in [0.15, 0.2) is 0 Å². The van der Waals surface area contributed by atoms with Gasteiger partial charge >= 0.3 is 11.9 Å². The molecule has 0 aromatic heterocycles. The minimum absolute atomic E-state index is 0.00134. The summed E-state index contributed by atoms with van der Waals surface area (Å²) in [5, 5.41) is 0. The van der Waals surface area contributed by atoms with Crippen LogP contribution in [0, 0.1) is 0 Å². The number of carbonyl (C=O) groups excluding carboxylic acids is 2. The lowest BCUT2D eigenvalue weighted by molar-refractivity contribution is -0.156. The standard InChI is InChI=1S/C6H12N2O4/c1-7-11-5(9)3-4-6(10)12-8-2/h7-8H,3-4H2,1-2H3. The molecule has 0 aliphatic carbocycles. The van der Waals surface area contributed by atoms with Gasteiger partial charge in [-0.2, -0.15) is 11.0 Å². The van der Waals surface area contributed by atoms with Crippen molar-refractivity contribution in [2.75, 3.05) is 14.1 Å². The summed E-state index contributed by atoms with van der Waals surface area (Å²) >= 11 is 0. The summed E-state index contributed by atoms with van der Waals surface area (Å²) in [6.45, 7) is 0. The minimum atomic E-state index is -0.495. The Labute approximate surface area is 70.1 Å². The van der Waals surface area contributed by atoms with Crippen molar-refractivity contribution in [3.63, 3.8) is 0 Å². The average Bonchev–Trinajstić information content (AvgIpc) is 2.02. The van der Waals surface area contributed by atoms with Crippen molar-refractivity contribution >= 4 is 11.9 Å². The first-order chi connectivity index (χ1) is 5.70. The Morgan fingerprint density at radius 2 is 1.33 bits per heavy atom. The van der Waals surface area contributed by atoms with Gasteiger partial charge in [-0.25, -0.2) is 0 Å². The third-order valence-corrected chi connectivity index (χ3v) is 0.965. The van der Waals surface area contributed by atoms with Crippen LogP contribution in [-0.4, -0.2) is 26.0 Å². The number of hydrogen-bond donors (Lipinski definition) is 2. The molecule has 6 heteroatoms. The van der Waals surface area contributed by atoms with Gasteiger partial charge in [-0.3, -0.25) is 9.59 Å². The second-order valence-corrected chi connectivity index (χ2v) is 1.86. The van der Waals surface area contributed by atoms with E-state index in [1.165, 1.54) is 14.1 Å². The van der Waals surface area contributed by atoms with Gasteiger partial charge in [-0.15, -0.1) is 0 Å². The molecule has 0 aliphatic heterocycles. The summed E-state index contributed by atoms with van der Waals surface area (Å²) in [7, 11) is 2.92.